The Morgan fingerprint density at radius 1 is 1.00 bits per heavy atom. The zero-order valence-electron chi connectivity index (χ0n) is 10.5. The fourth-order valence-electron chi connectivity index (χ4n) is 2.07. The van der Waals surface area contributed by atoms with Crippen LogP contribution in [0, 0.1) is 5.82 Å². The van der Waals surface area contributed by atoms with Crippen LogP contribution in [0.25, 0.3) is 17.1 Å². The molecule has 0 unspecified atom stereocenters. The molecule has 0 radical (unpaired) electrons. The Hall–Kier alpha value is -2.01. The van der Waals surface area contributed by atoms with Crippen LogP contribution in [0.15, 0.2) is 54.6 Å². The second-order valence-electron chi connectivity index (χ2n) is 4.25. The molecule has 0 spiro atoms. The van der Waals surface area contributed by atoms with Crippen molar-refractivity contribution in [2.45, 2.75) is 5.33 Å². The van der Waals surface area contributed by atoms with Gasteiger partial charge in [-0.15, -0.1) is 10.2 Å². The van der Waals surface area contributed by atoms with Crippen molar-refractivity contribution in [3.05, 3.63) is 66.2 Å². The highest BCUT2D eigenvalue weighted by Gasteiger charge is 2.14. The summed E-state index contributed by atoms with van der Waals surface area (Å²) in [6, 6.07) is 16.2. The molecular weight excluding hydrogens is 321 g/mol. The molecule has 3 rings (SSSR count). The molecule has 0 saturated carbocycles. The first-order valence-corrected chi connectivity index (χ1v) is 7.23. The van der Waals surface area contributed by atoms with E-state index in [1.807, 2.05) is 41.0 Å². The highest BCUT2D eigenvalue weighted by atomic mass is 79.9. The van der Waals surface area contributed by atoms with Crippen LogP contribution in [0.2, 0.25) is 0 Å². The fraction of sp³-hybridized carbons (Fsp3) is 0.0667. The zero-order valence-corrected chi connectivity index (χ0v) is 12.1. The standard InChI is InChI=1S/C15H11BrFN3/c16-10-14-18-19-15(11-5-4-6-12(17)9-11)20(14)13-7-2-1-3-8-13/h1-9H,10H2. The van der Waals surface area contributed by atoms with Gasteiger partial charge in [-0.25, -0.2) is 4.39 Å². The van der Waals surface area contributed by atoms with Crippen LogP contribution >= 0.6 is 15.9 Å². The highest BCUT2D eigenvalue weighted by Crippen LogP contribution is 2.24. The second-order valence-corrected chi connectivity index (χ2v) is 4.82. The Morgan fingerprint density at radius 2 is 1.80 bits per heavy atom. The molecule has 3 nitrogen and oxygen atoms in total. The van der Waals surface area contributed by atoms with E-state index >= 15 is 0 Å². The maximum Gasteiger partial charge on any atom is 0.168 e. The molecule has 0 amide bonds. The van der Waals surface area contributed by atoms with Gasteiger partial charge in [-0.2, -0.15) is 0 Å². The fourth-order valence-corrected chi connectivity index (χ4v) is 2.43. The van der Waals surface area contributed by atoms with Crippen molar-refractivity contribution < 1.29 is 4.39 Å². The summed E-state index contributed by atoms with van der Waals surface area (Å²) in [6.45, 7) is 0. The molecule has 100 valence electrons. The SMILES string of the molecule is Fc1cccc(-c2nnc(CBr)n2-c2ccccc2)c1. The lowest BCUT2D eigenvalue weighted by molar-refractivity contribution is 0.628. The maximum atomic E-state index is 13.4. The monoisotopic (exact) mass is 331 g/mol. The Kier molecular flexibility index (Phi) is 3.60. The number of para-hydroxylation sites is 1. The van der Waals surface area contributed by atoms with Gasteiger partial charge in [-0.3, -0.25) is 4.57 Å². The van der Waals surface area contributed by atoms with E-state index in [4.69, 9.17) is 0 Å². The molecular formula is C15H11BrFN3. The van der Waals surface area contributed by atoms with Gasteiger partial charge < -0.3 is 0 Å². The van der Waals surface area contributed by atoms with E-state index in [0.29, 0.717) is 16.7 Å². The third-order valence-corrected chi connectivity index (χ3v) is 3.45. The topological polar surface area (TPSA) is 30.7 Å². The predicted octanol–water partition coefficient (Wildman–Crippen LogP) is 3.97. The minimum Gasteiger partial charge on any atom is -0.278 e. The summed E-state index contributed by atoms with van der Waals surface area (Å²) < 4.78 is 15.3. The van der Waals surface area contributed by atoms with E-state index in [1.54, 1.807) is 6.07 Å². The summed E-state index contributed by atoms with van der Waals surface area (Å²) in [5, 5.41) is 8.93. The molecule has 0 saturated heterocycles. The van der Waals surface area contributed by atoms with E-state index in [9.17, 15) is 4.39 Å². The molecule has 0 aliphatic heterocycles. The van der Waals surface area contributed by atoms with Crippen molar-refractivity contribution in [1.82, 2.24) is 14.8 Å². The number of nitrogens with zero attached hydrogens (tertiary/aromatic N) is 3. The first kappa shape index (κ1) is 13.0. The first-order valence-electron chi connectivity index (χ1n) is 6.11. The van der Waals surface area contributed by atoms with Gasteiger partial charge in [0.25, 0.3) is 0 Å². The predicted molar refractivity (Wildman–Crippen MR) is 79.4 cm³/mol. The first-order chi connectivity index (χ1) is 9.79. The van der Waals surface area contributed by atoms with Gasteiger partial charge in [0, 0.05) is 11.3 Å². The normalized spacial score (nSPS) is 10.7. The summed E-state index contributed by atoms with van der Waals surface area (Å²) >= 11 is 3.41. The molecule has 1 aromatic heterocycles. The molecule has 0 fully saturated rings. The van der Waals surface area contributed by atoms with Gasteiger partial charge in [0.1, 0.15) is 11.6 Å². The lowest BCUT2D eigenvalue weighted by Gasteiger charge is -2.09. The number of aromatic nitrogens is 3. The number of hydrogen-bond donors (Lipinski definition) is 0. The van der Waals surface area contributed by atoms with Crippen molar-refractivity contribution >= 4 is 15.9 Å². The molecule has 0 aliphatic carbocycles. The third-order valence-electron chi connectivity index (χ3n) is 2.95. The number of halogens is 2. The van der Waals surface area contributed by atoms with E-state index in [1.165, 1.54) is 12.1 Å². The van der Waals surface area contributed by atoms with Gasteiger partial charge in [0.05, 0.1) is 5.33 Å². The molecule has 1 heterocycles. The Balaban J connectivity index is 2.20. The largest absolute Gasteiger partial charge is 0.278 e. The second kappa shape index (κ2) is 5.54. The molecule has 20 heavy (non-hydrogen) atoms. The zero-order chi connectivity index (χ0) is 13.9. The van der Waals surface area contributed by atoms with Gasteiger partial charge in [-0.1, -0.05) is 46.3 Å². The molecule has 5 heteroatoms. The molecule has 2 aromatic carbocycles. The van der Waals surface area contributed by atoms with Crippen molar-refractivity contribution in [3.63, 3.8) is 0 Å². The average Bonchev–Trinajstić information content (AvgIpc) is 2.92. The third kappa shape index (κ3) is 2.36. The summed E-state index contributed by atoms with van der Waals surface area (Å²) in [6.07, 6.45) is 0. The van der Waals surface area contributed by atoms with Crippen LogP contribution < -0.4 is 0 Å². The van der Waals surface area contributed by atoms with Crippen LogP contribution in [0.5, 0.6) is 0 Å². The van der Waals surface area contributed by atoms with Crippen LogP contribution in [-0.2, 0) is 5.33 Å². The molecule has 0 aliphatic rings. The van der Waals surface area contributed by atoms with Crippen LogP contribution in [-0.4, -0.2) is 14.8 Å². The van der Waals surface area contributed by atoms with Gasteiger partial charge in [-0.05, 0) is 24.3 Å². The van der Waals surface area contributed by atoms with Gasteiger partial charge in [0.15, 0.2) is 5.82 Å². The molecule has 0 N–H and O–H groups in total. The molecule has 3 aromatic rings. The Morgan fingerprint density at radius 3 is 2.50 bits per heavy atom. The lowest BCUT2D eigenvalue weighted by atomic mass is 10.2. The number of benzene rings is 2. The van der Waals surface area contributed by atoms with E-state index in [-0.39, 0.29) is 5.82 Å². The number of rotatable bonds is 3. The quantitative estimate of drug-likeness (QED) is 0.680. The summed E-state index contributed by atoms with van der Waals surface area (Å²) in [7, 11) is 0. The van der Waals surface area contributed by atoms with Gasteiger partial charge in [0.2, 0.25) is 0 Å². The number of hydrogen-bond acceptors (Lipinski definition) is 2. The summed E-state index contributed by atoms with van der Waals surface area (Å²) in [5.41, 5.74) is 1.65. The van der Waals surface area contributed by atoms with Crippen LogP contribution in [0.1, 0.15) is 5.82 Å². The average molecular weight is 332 g/mol. The van der Waals surface area contributed by atoms with E-state index in [0.717, 1.165) is 11.5 Å². The van der Waals surface area contributed by atoms with Crippen LogP contribution in [0.3, 0.4) is 0 Å². The minimum atomic E-state index is -0.287. The minimum absolute atomic E-state index is 0.287. The highest BCUT2D eigenvalue weighted by molar-refractivity contribution is 9.08. The summed E-state index contributed by atoms with van der Waals surface area (Å²) in [5.74, 6) is 1.12. The van der Waals surface area contributed by atoms with Crippen molar-refractivity contribution in [1.29, 1.82) is 0 Å². The molecule has 0 atom stereocenters. The van der Waals surface area contributed by atoms with E-state index < -0.39 is 0 Å². The lowest BCUT2D eigenvalue weighted by Crippen LogP contribution is -2.01. The van der Waals surface area contributed by atoms with Crippen molar-refractivity contribution in [3.8, 4) is 17.1 Å². The molecule has 0 bridgehead atoms. The Bertz CT molecular complexity index is 725. The Labute approximate surface area is 124 Å². The van der Waals surface area contributed by atoms with Crippen molar-refractivity contribution in [2.24, 2.45) is 0 Å². The van der Waals surface area contributed by atoms with E-state index in [2.05, 4.69) is 26.1 Å². The van der Waals surface area contributed by atoms with Crippen molar-refractivity contribution in [2.75, 3.05) is 0 Å². The smallest absolute Gasteiger partial charge is 0.168 e. The summed E-state index contributed by atoms with van der Waals surface area (Å²) in [4.78, 5) is 0. The maximum absolute atomic E-state index is 13.4. The van der Waals surface area contributed by atoms with Gasteiger partial charge >= 0.3 is 0 Å². The van der Waals surface area contributed by atoms with Crippen LogP contribution in [0.4, 0.5) is 4.39 Å². The number of alkyl halides is 1.